The number of fused-ring (bicyclic) bond motifs is 1. The van der Waals surface area contributed by atoms with Gasteiger partial charge in [0.2, 0.25) is 0 Å². The monoisotopic (exact) mass is 411 g/mol. The molecule has 0 saturated carbocycles. The van der Waals surface area contributed by atoms with Gasteiger partial charge in [-0.15, -0.1) is 0 Å². The minimum absolute atomic E-state index is 0.144. The zero-order chi connectivity index (χ0) is 21.8. The topological polar surface area (TPSA) is 81.5 Å². The largest absolute Gasteiger partial charge is 0.294 e. The highest BCUT2D eigenvalue weighted by Gasteiger charge is 2.15. The lowest BCUT2D eigenvalue weighted by atomic mass is 9.91. The van der Waals surface area contributed by atoms with E-state index in [1.54, 1.807) is 24.9 Å². The molecule has 0 saturated heterocycles. The van der Waals surface area contributed by atoms with Crippen LogP contribution in [0.5, 0.6) is 0 Å². The van der Waals surface area contributed by atoms with Crippen molar-refractivity contribution >= 4 is 16.7 Å². The first-order valence-electron chi connectivity index (χ1n) is 10.6. The molecule has 31 heavy (non-hydrogen) atoms. The Bertz CT molecular complexity index is 1220. The number of ketones is 1. The molecular weight excluding hydrogens is 386 g/mol. The Morgan fingerprint density at radius 2 is 1.84 bits per heavy atom. The number of carbonyl (C=O) groups is 1. The van der Waals surface area contributed by atoms with Gasteiger partial charge in [-0.05, 0) is 43.4 Å². The highest BCUT2D eigenvalue weighted by molar-refractivity contribution is 6.07. The second-order valence-corrected chi connectivity index (χ2v) is 7.73. The fraction of sp³-hybridized carbons (Fsp3) is 0.280. The van der Waals surface area contributed by atoms with Gasteiger partial charge < -0.3 is 0 Å². The third kappa shape index (κ3) is 4.48. The summed E-state index contributed by atoms with van der Waals surface area (Å²) in [6.45, 7) is 5.94. The van der Waals surface area contributed by atoms with E-state index < -0.39 is 0 Å². The van der Waals surface area contributed by atoms with E-state index in [1.165, 1.54) is 0 Å². The summed E-state index contributed by atoms with van der Waals surface area (Å²) >= 11 is 0. The molecule has 0 amide bonds. The fourth-order valence-electron chi connectivity index (χ4n) is 3.77. The van der Waals surface area contributed by atoms with Crippen LogP contribution in [0.1, 0.15) is 60.0 Å². The number of Topliss-reactive ketones (excluding diaryl/α,β-unsaturated/α-hetero) is 1. The minimum Gasteiger partial charge on any atom is -0.294 e. The third-order valence-corrected chi connectivity index (χ3v) is 5.59. The van der Waals surface area contributed by atoms with Gasteiger partial charge in [0.15, 0.2) is 5.78 Å². The molecule has 3 heterocycles. The van der Waals surface area contributed by atoms with Crippen LogP contribution in [-0.4, -0.2) is 30.7 Å². The van der Waals surface area contributed by atoms with Crippen LogP contribution in [0.3, 0.4) is 0 Å². The molecule has 4 rings (SSSR count). The number of nitrogens with zero attached hydrogens (tertiary/aromatic N) is 5. The molecule has 4 aromatic rings. The molecule has 156 valence electrons. The number of hydrogen-bond donors (Lipinski definition) is 0. The SMILES string of the molecule is CCC(=O)c1ccnc2c([C@H](C)CCc3cc(-c4cnc(C)nc4)ncn3)cccc12. The molecule has 0 radical (unpaired) electrons. The maximum Gasteiger partial charge on any atom is 0.163 e. The van der Waals surface area contributed by atoms with Crippen molar-refractivity contribution < 1.29 is 4.79 Å². The molecule has 0 fully saturated rings. The van der Waals surface area contributed by atoms with Crippen molar-refractivity contribution in [2.75, 3.05) is 0 Å². The Hall–Kier alpha value is -3.54. The molecule has 0 bridgehead atoms. The van der Waals surface area contributed by atoms with Crippen LogP contribution in [-0.2, 0) is 6.42 Å². The van der Waals surface area contributed by atoms with Crippen molar-refractivity contribution in [3.05, 3.63) is 77.9 Å². The van der Waals surface area contributed by atoms with Gasteiger partial charge in [0, 0.05) is 47.2 Å². The molecule has 0 aliphatic rings. The number of benzene rings is 1. The van der Waals surface area contributed by atoms with Crippen LogP contribution in [0, 0.1) is 6.92 Å². The maximum atomic E-state index is 12.3. The molecule has 0 unspecified atom stereocenters. The van der Waals surface area contributed by atoms with Gasteiger partial charge in [-0.3, -0.25) is 9.78 Å². The summed E-state index contributed by atoms with van der Waals surface area (Å²) in [5, 5.41) is 0.933. The Balaban J connectivity index is 1.55. The number of pyridine rings is 1. The molecule has 0 spiro atoms. The molecule has 0 aliphatic heterocycles. The molecule has 6 heteroatoms. The van der Waals surface area contributed by atoms with E-state index in [1.807, 2.05) is 38.1 Å². The molecule has 6 nitrogen and oxygen atoms in total. The number of rotatable bonds is 7. The van der Waals surface area contributed by atoms with Gasteiger partial charge in [-0.1, -0.05) is 32.0 Å². The maximum absolute atomic E-state index is 12.3. The summed E-state index contributed by atoms with van der Waals surface area (Å²) in [5.74, 6) is 1.15. The number of aromatic nitrogens is 5. The lowest BCUT2D eigenvalue weighted by Crippen LogP contribution is -2.03. The van der Waals surface area contributed by atoms with E-state index in [-0.39, 0.29) is 11.7 Å². The van der Waals surface area contributed by atoms with E-state index in [0.717, 1.165) is 57.6 Å². The Kier molecular flexibility index (Phi) is 6.07. The van der Waals surface area contributed by atoms with Gasteiger partial charge in [0.25, 0.3) is 0 Å². The fourth-order valence-corrected chi connectivity index (χ4v) is 3.77. The molecule has 1 aromatic carbocycles. The summed E-state index contributed by atoms with van der Waals surface area (Å²) in [7, 11) is 0. The van der Waals surface area contributed by atoms with Crippen molar-refractivity contribution in [2.45, 2.75) is 46.0 Å². The van der Waals surface area contributed by atoms with Gasteiger partial charge in [-0.2, -0.15) is 0 Å². The van der Waals surface area contributed by atoms with Crippen molar-refractivity contribution in [2.24, 2.45) is 0 Å². The van der Waals surface area contributed by atoms with Crippen LogP contribution < -0.4 is 0 Å². The van der Waals surface area contributed by atoms with Gasteiger partial charge in [0.05, 0.1) is 11.2 Å². The van der Waals surface area contributed by atoms with Crippen LogP contribution in [0.2, 0.25) is 0 Å². The second kappa shape index (κ2) is 9.08. The molecule has 1 atom stereocenters. The van der Waals surface area contributed by atoms with Crippen molar-refractivity contribution in [3.8, 4) is 11.3 Å². The van der Waals surface area contributed by atoms with E-state index in [9.17, 15) is 4.79 Å². The van der Waals surface area contributed by atoms with E-state index in [0.29, 0.717) is 6.42 Å². The summed E-state index contributed by atoms with van der Waals surface area (Å²) in [6.07, 6.45) is 9.11. The number of hydrogen-bond acceptors (Lipinski definition) is 6. The van der Waals surface area contributed by atoms with Gasteiger partial charge in [0.1, 0.15) is 12.2 Å². The first-order valence-corrected chi connectivity index (χ1v) is 10.6. The molecule has 0 aliphatic carbocycles. The predicted molar refractivity (Wildman–Crippen MR) is 121 cm³/mol. The standard InChI is InChI=1S/C25H25N5O/c1-4-24(31)21-10-11-26-25-20(6-5-7-22(21)25)16(2)8-9-19-12-23(30-15-29-19)18-13-27-17(3)28-14-18/h5-7,10-16H,4,8-9H2,1-3H3/t16-/m1/s1. The highest BCUT2D eigenvalue weighted by atomic mass is 16.1. The minimum atomic E-state index is 0.144. The smallest absolute Gasteiger partial charge is 0.163 e. The van der Waals surface area contributed by atoms with Crippen LogP contribution in [0.25, 0.3) is 22.2 Å². The van der Waals surface area contributed by atoms with Gasteiger partial charge in [-0.25, -0.2) is 19.9 Å². The predicted octanol–water partition coefficient (Wildman–Crippen LogP) is 5.12. The third-order valence-electron chi connectivity index (χ3n) is 5.59. The zero-order valence-electron chi connectivity index (χ0n) is 18.0. The average molecular weight is 412 g/mol. The zero-order valence-corrected chi connectivity index (χ0v) is 18.0. The van der Waals surface area contributed by atoms with Crippen LogP contribution >= 0.6 is 0 Å². The summed E-state index contributed by atoms with van der Waals surface area (Å²) in [5.41, 5.74) is 5.51. The van der Waals surface area contributed by atoms with E-state index >= 15 is 0 Å². The number of carbonyl (C=O) groups excluding carboxylic acids is 1. The Morgan fingerprint density at radius 3 is 2.61 bits per heavy atom. The van der Waals surface area contributed by atoms with E-state index in [2.05, 4.69) is 37.9 Å². The molecule has 0 N–H and O–H groups in total. The Morgan fingerprint density at radius 1 is 1.03 bits per heavy atom. The summed E-state index contributed by atoms with van der Waals surface area (Å²) in [4.78, 5) is 34.3. The first-order chi connectivity index (χ1) is 15.1. The molecular formula is C25H25N5O. The molecule has 3 aromatic heterocycles. The van der Waals surface area contributed by atoms with Crippen LogP contribution in [0.4, 0.5) is 0 Å². The lowest BCUT2D eigenvalue weighted by molar-refractivity contribution is 0.0989. The Labute approximate surface area is 181 Å². The van der Waals surface area contributed by atoms with Crippen molar-refractivity contribution in [1.29, 1.82) is 0 Å². The van der Waals surface area contributed by atoms with Crippen molar-refractivity contribution in [1.82, 2.24) is 24.9 Å². The lowest BCUT2D eigenvalue weighted by Gasteiger charge is -2.15. The normalized spacial score (nSPS) is 12.1. The van der Waals surface area contributed by atoms with Crippen LogP contribution in [0.15, 0.2) is 55.2 Å². The highest BCUT2D eigenvalue weighted by Crippen LogP contribution is 2.29. The van der Waals surface area contributed by atoms with E-state index in [4.69, 9.17) is 0 Å². The quantitative estimate of drug-likeness (QED) is 0.393. The average Bonchev–Trinajstić information content (AvgIpc) is 2.82. The summed E-state index contributed by atoms with van der Waals surface area (Å²) < 4.78 is 0. The number of para-hydroxylation sites is 1. The number of aryl methyl sites for hydroxylation is 2. The summed E-state index contributed by atoms with van der Waals surface area (Å²) in [6, 6.07) is 9.93. The van der Waals surface area contributed by atoms with Crippen molar-refractivity contribution in [3.63, 3.8) is 0 Å². The second-order valence-electron chi connectivity index (χ2n) is 7.73. The van der Waals surface area contributed by atoms with Gasteiger partial charge >= 0.3 is 0 Å². The first kappa shape index (κ1) is 20.7.